The zero-order chi connectivity index (χ0) is 13.0. The molecule has 0 N–H and O–H groups in total. The van der Waals surface area contributed by atoms with Crippen LogP contribution in [0, 0.1) is 0 Å². The lowest BCUT2D eigenvalue weighted by Gasteiger charge is -2.06. The molecule has 1 nitrogen and oxygen atoms in total. The molecule has 92 valence electrons. The summed E-state index contributed by atoms with van der Waals surface area (Å²) in [5.41, 5.74) is 1.69. The fraction of sp³-hybridized carbons (Fsp3) is 0.0714. The van der Waals surface area contributed by atoms with Gasteiger partial charge in [-0.25, -0.2) is 0 Å². The average molecular weight is 297 g/mol. The standard InChI is InChI=1S/C14H10Cl2OS/c15-11-6-7-12(14(16)17)13(8-11)18-9-10-4-2-1-3-5-10/h1-8H,9H2. The van der Waals surface area contributed by atoms with E-state index in [1.165, 1.54) is 5.56 Å². The van der Waals surface area contributed by atoms with Gasteiger partial charge in [-0.15, -0.1) is 11.8 Å². The van der Waals surface area contributed by atoms with Crippen molar-refractivity contribution in [3.8, 4) is 0 Å². The molecule has 0 aliphatic carbocycles. The van der Waals surface area contributed by atoms with Crippen molar-refractivity contribution in [2.24, 2.45) is 0 Å². The second-order valence-electron chi connectivity index (χ2n) is 3.69. The van der Waals surface area contributed by atoms with Crippen molar-refractivity contribution >= 4 is 40.2 Å². The third kappa shape index (κ3) is 3.52. The van der Waals surface area contributed by atoms with Crippen LogP contribution in [0.3, 0.4) is 0 Å². The van der Waals surface area contributed by atoms with E-state index in [2.05, 4.69) is 0 Å². The van der Waals surface area contributed by atoms with Gasteiger partial charge < -0.3 is 0 Å². The van der Waals surface area contributed by atoms with E-state index >= 15 is 0 Å². The minimum Gasteiger partial charge on any atom is -0.276 e. The summed E-state index contributed by atoms with van der Waals surface area (Å²) in [6.07, 6.45) is 0. The van der Waals surface area contributed by atoms with Crippen molar-refractivity contribution < 1.29 is 4.79 Å². The van der Waals surface area contributed by atoms with Gasteiger partial charge in [0.1, 0.15) is 0 Å². The number of carbonyl (C=O) groups excluding carboxylic acids is 1. The Morgan fingerprint density at radius 2 is 1.83 bits per heavy atom. The summed E-state index contributed by atoms with van der Waals surface area (Å²) in [5.74, 6) is 0.776. The lowest BCUT2D eigenvalue weighted by atomic mass is 10.2. The fourth-order valence-corrected chi connectivity index (χ4v) is 3.01. The van der Waals surface area contributed by atoms with Crippen molar-refractivity contribution in [3.05, 3.63) is 64.7 Å². The summed E-state index contributed by atoms with van der Waals surface area (Å²) in [7, 11) is 0. The normalized spacial score (nSPS) is 10.3. The molecule has 2 aromatic carbocycles. The summed E-state index contributed by atoms with van der Waals surface area (Å²) in [4.78, 5) is 12.1. The Hall–Kier alpha value is -0.960. The summed E-state index contributed by atoms with van der Waals surface area (Å²) in [6.45, 7) is 0. The first-order valence-electron chi connectivity index (χ1n) is 5.33. The van der Waals surface area contributed by atoms with Crippen LogP contribution < -0.4 is 0 Å². The van der Waals surface area contributed by atoms with E-state index in [0.717, 1.165) is 10.6 Å². The van der Waals surface area contributed by atoms with Crippen LogP contribution in [-0.4, -0.2) is 5.24 Å². The van der Waals surface area contributed by atoms with Crippen molar-refractivity contribution in [2.45, 2.75) is 10.6 Å². The number of benzene rings is 2. The number of rotatable bonds is 4. The molecule has 0 saturated heterocycles. The number of hydrogen-bond donors (Lipinski definition) is 0. The highest BCUT2D eigenvalue weighted by Gasteiger charge is 2.10. The monoisotopic (exact) mass is 296 g/mol. The van der Waals surface area contributed by atoms with Crippen molar-refractivity contribution in [1.29, 1.82) is 0 Å². The van der Waals surface area contributed by atoms with Crippen LogP contribution in [0.25, 0.3) is 0 Å². The minimum absolute atomic E-state index is 0.456. The molecular weight excluding hydrogens is 287 g/mol. The van der Waals surface area contributed by atoms with E-state index in [0.29, 0.717) is 10.6 Å². The molecule has 0 radical (unpaired) electrons. The molecule has 2 aromatic rings. The van der Waals surface area contributed by atoms with Crippen molar-refractivity contribution in [1.82, 2.24) is 0 Å². The summed E-state index contributed by atoms with van der Waals surface area (Å²) >= 11 is 13.0. The van der Waals surface area contributed by atoms with Crippen molar-refractivity contribution in [3.63, 3.8) is 0 Å². The molecule has 0 saturated carbocycles. The van der Waals surface area contributed by atoms with E-state index < -0.39 is 5.24 Å². The Balaban J connectivity index is 2.18. The second kappa shape index (κ2) is 6.28. The second-order valence-corrected chi connectivity index (χ2v) is 5.49. The van der Waals surface area contributed by atoms with E-state index in [4.69, 9.17) is 23.2 Å². The van der Waals surface area contributed by atoms with Crippen LogP contribution in [0.15, 0.2) is 53.4 Å². The first-order valence-corrected chi connectivity index (χ1v) is 7.07. The molecule has 0 atom stereocenters. The minimum atomic E-state index is -0.456. The molecule has 0 fully saturated rings. The maximum Gasteiger partial charge on any atom is 0.253 e. The maximum absolute atomic E-state index is 11.3. The fourth-order valence-electron chi connectivity index (χ4n) is 1.51. The molecule has 0 aliphatic rings. The van der Waals surface area contributed by atoms with Gasteiger partial charge >= 0.3 is 0 Å². The van der Waals surface area contributed by atoms with Gasteiger partial charge in [0.15, 0.2) is 0 Å². The van der Waals surface area contributed by atoms with Crippen LogP contribution in [0.5, 0.6) is 0 Å². The number of hydrogen-bond acceptors (Lipinski definition) is 2. The zero-order valence-electron chi connectivity index (χ0n) is 9.40. The molecule has 0 bridgehead atoms. The highest BCUT2D eigenvalue weighted by molar-refractivity contribution is 7.98. The highest BCUT2D eigenvalue weighted by atomic mass is 35.5. The predicted octanol–water partition coefficient (Wildman–Crippen LogP) is 5.01. The third-order valence-corrected chi connectivity index (χ3v) is 3.96. The number of halogens is 2. The Morgan fingerprint density at radius 3 is 2.50 bits per heavy atom. The van der Waals surface area contributed by atoms with Gasteiger partial charge in [0.25, 0.3) is 5.24 Å². The van der Waals surface area contributed by atoms with E-state index in [1.54, 1.807) is 30.0 Å². The molecule has 0 aliphatic heterocycles. The van der Waals surface area contributed by atoms with Gasteiger partial charge in [-0.3, -0.25) is 4.79 Å². The lowest BCUT2D eigenvalue weighted by molar-refractivity contribution is 0.107. The average Bonchev–Trinajstić information content (AvgIpc) is 2.37. The Kier molecular flexibility index (Phi) is 4.70. The highest BCUT2D eigenvalue weighted by Crippen LogP contribution is 2.29. The van der Waals surface area contributed by atoms with Crippen LogP contribution >= 0.6 is 35.0 Å². The van der Waals surface area contributed by atoms with Gasteiger partial charge in [0, 0.05) is 21.2 Å². The summed E-state index contributed by atoms with van der Waals surface area (Å²) in [6, 6.07) is 15.1. The molecule has 0 heterocycles. The molecule has 2 rings (SSSR count). The maximum atomic E-state index is 11.3. The van der Waals surface area contributed by atoms with Crippen LogP contribution in [0.1, 0.15) is 15.9 Å². The largest absolute Gasteiger partial charge is 0.276 e. The van der Waals surface area contributed by atoms with Gasteiger partial charge in [-0.1, -0.05) is 41.9 Å². The molecule has 0 spiro atoms. The molecule has 0 aromatic heterocycles. The van der Waals surface area contributed by atoms with E-state index in [1.807, 2.05) is 30.3 Å². The summed E-state index contributed by atoms with van der Waals surface area (Å²) < 4.78 is 0. The number of carbonyl (C=O) groups is 1. The van der Waals surface area contributed by atoms with E-state index in [9.17, 15) is 4.79 Å². The van der Waals surface area contributed by atoms with Gasteiger partial charge in [0.2, 0.25) is 0 Å². The van der Waals surface area contributed by atoms with Crippen LogP contribution in [0.4, 0.5) is 0 Å². The van der Waals surface area contributed by atoms with E-state index in [-0.39, 0.29) is 0 Å². The molecule has 0 amide bonds. The van der Waals surface area contributed by atoms with Crippen LogP contribution in [0.2, 0.25) is 5.02 Å². The molecule has 0 unspecified atom stereocenters. The smallest absolute Gasteiger partial charge is 0.253 e. The first kappa shape index (κ1) is 13.5. The first-order chi connectivity index (χ1) is 8.66. The Morgan fingerprint density at radius 1 is 1.11 bits per heavy atom. The predicted molar refractivity (Wildman–Crippen MR) is 77.6 cm³/mol. The Labute approximate surface area is 120 Å². The summed E-state index contributed by atoms with van der Waals surface area (Å²) in [5, 5.41) is 0.148. The lowest BCUT2D eigenvalue weighted by Crippen LogP contribution is -1.92. The topological polar surface area (TPSA) is 17.1 Å². The number of thioether (sulfide) groups is 1. The third-order valence-electron chi connectivity index (χ3n) is 2.39. The Bertz CT molecular complexity index is 555. The van der Waals surface area contributed by atoms with Crippen molar-refractivity contribution in [2.75, 3.05) is 0 Å². The quantitative estimate of drug-likeness (QED) is 0.583. The van der Waals surface area contributed by atoms with Gasteiger partial charge in [-0.05, 0) is 35.4 Å². The molecule has 4 heteroatoms. The van der Waals surface area contributed by atoms with Gasteiger partial charge in [-0.2, -0.15) is 0 Å². The SMILES string of the molecule is O=C(Cl)c1ccc(Cl)cc1SCc1ccccc1. The molecular formula is C14H10Cl2OS. The van der Waals surface area contributed by atoms with Crippen LogP contribution in [-0.2, 0) is 5.75 Å². The zero-order valence-corrected chi connectivity index (χ0v) is 11.7. The molecule has 18 heavy (non-hydrogen) atoms. The van der Waals surface area contributed by atoms with Gasteiger partial charge in [0.05, 0.1) is 0 Å².